The molecule has 1 aliphatic rings. The number of nitrogens with zero attached hydrogens (tertiary/aromatic N) is 2. The zero-order valence-corrected chi connectivity index (χ0v) is 15.7. The summed E-state index contributed by atoms with van der Waals surface area (Å²) in [7, 11) is 1.59. The molecule has 0 spiro atoms. The standard InChI is InChI=1S/C18H24N4O2S/c1-10(2)18(24)22-9-5-4-6-13(22)12-8-7-11-14(19)15(16(23)20-3)25-17(11)21-12/h7-8,10,13H,4-6,9,19H2,1-3H3,(H,20,23). The van der Waals surface area contributed by atoms with Crippen molar-refractivity contribution in [3.8, 4) is 0 Å². The van der Waals surface area contributed by atoms with Gasteiger partial charge in [0.25, 0.3) is 5.91 Å². The maximum Gasteiger partial charge on any atom is 0.263 e. The van der Waals surface area contributed by atoms with Crippen LogP contribution in [-0.2, 0) is 4.79 Å². The third-order valence-electron chi connectivity index (χ3n) is 4.67. The number of piperidine rings is 1. The molecule has 0 radical (unpaired) electrons. The second-order valence-electron chi connectivity index (χ2n) is 6.71. The van der Waals surface area contributed by atoms with E-state index in [-0.39, 0.29) is 23.8 Å². The van der Waals surface area contributed by atoms with Crippen molar-refractivity contribution < 1.29 is 9.59 Å². The highest BCUT2D eigenvalue weighted by Crippen LogP contribution is 2.36. The van der Waals surface area contributed by atoms with Gasteiger partial charge in [-0.25, -0.2) is 4.98 Å². The number of nitrogens with one attached hydrogen (secondary N) is 1. The normalized spacial score (nSPS) is 17.9. The van der Waals surface area contributed by atoms with Gasteiger partial charge >= 0.3 is 0 Å². The van der Waals surface area contributed by atoms with Crippen molar-refractivity contribution in [2.75, 3.05) is 19.3 Å². The molecule has 0 aliphatic carbocycles. The molecule has 7 heteroatoms. The Morgan fingerprint density at radius 1 is 1.36 bits per heavy atom. The SMILES string of the molecule is CNC(=O)c1sc2nc(C3CCCCN3C(=O)C(C)C)ccc2c1N. The summed E-state index contributed by atoms with van der Waals surface area (Å²) in [6.45, 7) is 4.64. The van der Waals surface area contributed by atoms with Crippen molar-refractivity contribution in [1.29, 1.82) is 0 Å². The zero-order chi connectivity index (χ0) is 18.1. The van der Waals surface area contributed by atoms with E-state index in [9.17, 15) is 9.59 Å². The van der Waals surface area contributed by atoms with Gasteiger partial charge in [-0.3, -0.25) is 9.59 Å². The third kappa shape index (κ3) is 3.20. The Bertz CT molecular complexity index is 815. The summed E-state index contributed by atoms with van der Waals surface area (Å²) in [5, 5.41) is 3.40. The van der Waals surface area contributed by atoms with Crippen molar-refractivity contribution in [2.45, 2.75) is 39.2 Å². The first kappa shape index (κ1) is 17.7. The number of carbonyl (C=O) groups is 2. The highest BCUT2D eigenvalue weighted by atomic mass is 32.1. The Balaban J connectivity index is 2.00. The molecule has 2 aromatic heterocycles. The van der Waals surface area contributed by atoms with Crippen molar-refractivity contribution in [2.24, 2.45) is 5.92 Å². The van der Waals surface area contributed by atoms with Crippen molar-refractivity contribution in [3.05, 3.63) is 22.7 Å². The van der Waals surface area contributed by atoms with Gasteiger partial charge in [0, 0.05) is 24.9 Å². The topological polar surface area (TPSA) is 88.3 Å². The maximum absolute atomic E-state index is 12.6. The van der Waals surface area contributed by atoms with Crippen LogP contribution in [0.5, 0.6) is 0 Å². The molecule has 0 saturated carbocycles. The van der Waals surface area contributed by atoms with Gasteiger partial charge in [-0.05, 0) is 31.4 Å². The maximum atomic E-state index is 12.6. The van der Waals surface area contributed by atoms with Crippen molar-refractivity contribution in [1.82, 2.24) is 15.2 Å². The number of aromatic nitrogens is 1. The predicted molar refractivity (Wildman–Crippen MR) is 101 cm³/mol. The van der Waals surface area contributed by atoms with Gasteiger partial charge in [0.2, 0.25) is 5.91 Å². The predicted octanol–water partition coefficient (Wildman–Crippen LogP) is 2.95. The third-order valence-corrected chi connectivity index (χ3v) is 5.78. The van der Waals surface area contributed by atoms with Crippen molar-refractivity contribution >= 4 is 39.1 Å². The van der Waals surface area contributed by atoms with Crippen LogP contribution >= 0.6 is 11.3 Å². The van der Waals surface area contributed by atoms with Crippen LogP contribution in [0.1, 0.15) is 54.5 Å². The van der Waals surface area contributed by atoms with E-state index in [1.165, 1.54) is 11.3 Å². The number of nitrogens with two attached hydrogens (primary N) is 1. The van der Waals surface area contributed by atoms with Gasteiger partial charge in [-0.2, -0.15) is 0 Å². The Labute approximate surface area is 151 Å². The molecule has 3 heterocycles. The van der Waals surface area contributed by atoms with E-state index in [1.807, 2.05) is 30.9 Å². The van der Waals surface area contributed by atoms with Gasteiger partial charge in [-0.1, -0.05) is 13.8 Å². The number of nitrogen functional groups attached to an aromatic ring is 1. The average molecular weight is 360 g/mol. The zero-order valence-electron chi connectivity index (χ0n) is 14.8. The Morgan fingerprint density at radius 3 is 2.80 bits per heavy atom. The molecule has 0 bridgehead atoms. The van der Waals surface area contributed by atoms with E-state index in [1.54, 1.807) is 7.05 Å². The summed E-state index contributed by atoms with van der Waals surface area (Å²) >= 11 is 1.30. The number of rotatable bonds is 3. The van der Waals surface area contributed by atoms with E-state index in [2.05, 4.69) is 5.32 Å². The van der Waals surface area contributed by atoms with Crippen molar-refractivity contribution in [3.63, 3.8) is 0 Å². The summed E-state index contributed by atoms with van der Waals surface area (Å²) < 4.78 is 0. The van der Waals surface area contributed by atoms with Crippen LogP contribution in [0.2, 0.25) is 0 Å². The number of anilines is 1. The number of amides is 2. The second kappa shape index (κ2) is 7.00. The molecule has 6 nitrogen and oxygen atoms in total. The summed E-state index contributed by atoms with van der Waals surface area (Å²) in [5.41, 5.74) is 7.45. The van der Waals surface area contributed by atoms with Crippen LogP contribution in [-0.4, -0.2) is 35.3 Å². The van der Waals surface area contributed by atoms with Crippen LogP contribution in [0.3, 0.4) is 0 Å². The van der Waals surface area contributed by atoms with Crippen LogP contribution in [0.4, 0.5) is 5.69 Å². The van der Waals surface area contributed by atoms with E-state index in [0.29, 0.717) is 10.6 Å². The number of hydrogen-bond acceptors (Lipinski definition) is 5. The molecule has 2 amide bonds. The number of likely N-dealkylation sites (tertiary alicyclic amines) is 1. The first-order valence-corrected chi connectivity index (χ1v) is 9.47. The van der Waals surface area contributed by atoms with E-state index < -0.39 is 0 Å². The van der Waals surface area contributed by atoms with Gasteiger partial charge in [-0.15, -0.1) is 11.3 Å². The molecule has 1 aliphatic heterocycles. The lowest BCUT2D eigenvalue weighted by Gasteiger charge is -2.36. The number of hydrogen-bond donors (Lipinski definition) is 2. The lowest BCUT2D eigenvalue weighted by atomic mass is 9.97. The highest BCUT2D eigenvalue weighted by Gasteiger charge is 2.30. The fraction of sp³-hybridized carbons (Fsp3) is 0.500. The Morgan fingerprint density at radius 2 is 2.12 bits per heavy atom. The minimum atomic E-state index is -0.198. The average Bonchev–Trinajstić information content (AvgIpc) is 2.96. The van der Waals surface area contributed by atoms with Crippen LogP contribution in [0.15, 0.2) is 12.1 Å². The Hall–Kier alpha value is -2.15. The number of fused-ring (bicyclic) bond motifs is 1. The molecule has 1 unspecified atom stereocenters. The van der Waals surface area contributed by atoms with Gasteiger partial charge in [0.1, 0.15) is 9.71 Å². The fourth-order valence-corrected chi connectivity index (χ4v) is 4.36. The van der Waals surface area contributed by atoms with E-state index >= 15 is 0 Å². The molecule has 0 aromatic carbocycles. The van der Waals surface area contributed by atoms with Gasteiger partial charge in [0.05, 0.1) is 17.4 Å². The lowest BCUT2D eigenvalue weighted by molar-refractivity contribution is -0.138. The van der Waals surface area contributed by atoms with Crippen LogP contribution in [0, 0.1) is 5.92 Å². The highest BCUT2D eigenvalue weighted by molar-refractivity contribution is 7.21. The van der Waals surface area contributed by atoms with Crippen LogP contribution in [0.25, 0.3) is 10.2 Å². The van der Waals surface area contributed by atoms with Crippen LogP contribution < -0.4 is 11.1 Å². The molecule has 1 saturated heterocycles. The molecule has 25 heavy (non-hydrogen) atoms. The van der Waals surface area contributed by atoms with E-state index in [0.717, 1.165) is 41.7 Å². The summed E-state index contributed by atoms with van der Waals surface area (Å²) in [4.78, 5) is 32.4. The summed E-state index contributed by atoms with van der Waals surface area (Å²) in [6, 6.07) is 3.86. The molecule has 3 N–H and O–H groups in total. The first-order valence-electron chi connectivity index (χ1n) is 8.65. The lowest BCUT2D eigenvalue weighted by Crippen LogP contribution is -2.41. The smallest absolute Gasteiger partial charge is 0.263 e. The molecular formula is C18H24N4O2S. The molecule has 2 aromatic rings. The first-order chi connectivity index (χ1) is 11.9. The minimum Gasteiger partial charge on any atom is -0.397 e. The van der Waals surface area contributed by atoms with Gasteiger partial charge in [0.15, 0.2) is 0 Å². The van der Waals surface area contributed by atoms with Gasteiger partial charge < -0.3 is 16.0 Å². The number of pyridine rings is 1. The second-order valence-corrected chi connectivity index (χ2v) is 7.71. The minimum absolute atomic E-state index is 0.000161. The quantitative estimate of drug-likeness (QED) is 0.881. The molecule has 1 atom stereocenters. The molecule has 134 valence electrons. The summed E-state index contributed by atoms with van der Waals surface area (Å²) in [5.74, 6) is -0.0544. The number of thiophene rings is 1. The number of carbonyl (C=O) groups excluding carboxylic acids is 2. The summed E-state index contributed by atoms with van der Waals surface area (Å²) in [6.07, 6.45) is 3.03. The monoisotopic (exact) mass is 360 g/mol. The van der Waals surface area contributed by atoms with E-state index in [4.69, 9.17) is 10.7 Å². The molecular weight excluding hydrogens is 336 g/mol. The molecule has 1 fully saturated rings. The largest absolute Gasteiger partial charge is 0.397 e. The Kier molecular flexibility index (Phi) is 4.94. The molecule has 3 rings (SSSR count). The fourth-order valence-electron chi connectivity index (χ4n) is 3.31.